The van der Waals surface area contributed by atoms with E-state index in [1.54, 1.807) is 0 Å². The van der Waals surface area contributed by atoms with Gasteiger partial charge in [-0.2, -0.15) is 0 Å². The molecule has 0 aliphatic heterocycles. The van der Waals surface area contributed by atoms with Gasteiger partial charge in [-0.15, -0.1) is 11.3 Å². The van der Waals surface area contributed by atoms with Gasteiger partial charge in [0.2, 0.25) is 0 Å². The van der Waals surface area contributed by atoms with E-state index in [9.17, 15) is 8.78 Å². The van der Waals surface area contributed by atoms with E-state index in [1.807, 2.05) is 13.8 Å². The molecule has 0 aliphatic carbocycles. The van der Waals surface area contributed by atoms with Crippen LogP contribution >= 0.6 is 11.3 Å². The summed E-state index contributed by atoms with van der Waals surface area (Å²) in [6.45, 7) is 3.90. The second kappa shape index (κ2) is 3.28. The van der Waals surface area contributed by atoms with Crippen LogP contribution in [0.15, 0.2) is 12.1 Å². The summed E-state index contributed by atoms with van der Waals surface area (Å²) in [4.78, 5) is 4.08. The Morgan fingerprint density at radius 1 is 1.21 bits per heavy atom. The minimum atomic E-state index is -0.454. The lowest BCUT2D eigenvalue weighted by molar-refractivity contribution is 0.617. The molecule has 0 bridgehead atoms. The van der Waals surface area contributed by atoms with Crippen LogP contribution in [0.1, 0.15) is 24.8 Å². The van der Waals surface area contributed by atoms with Crippen molar-refractivity contribution < 1.29 is 8.78 Å². The van der Waals surface area contributed by atoms with Crippen molar-refractivity contribution in [2.24, 2.45) is 0 Å². The molecule has 0 radical (unpaired) electrons. The van der Waals surface area contributed by atoms with Gasteiger partial charge in [0.15, 0.2) is 5.82 Å². The van der Waals surface area contributed by atoms with Crippen LogP contribution in [0.2, 0.25) is 0 Å². The van der Waals surface area contributed by atoms with E-state index in [1.165, 1.54) is 11.3 Å². The highest BCUT2D eigenvalue weighted by atomic mass is 32.1. The highest BCUT2D eigenvalue weighted by Gasteiger charge is 2.13. The van der Waals surface area contributed by atoms with Crippen molar-refractivity contribution in [1.82, 2.24) is 4.98 Å². The molecule has 1 heterocycles. The molecule has 2 rings (SSSR count). The van der Waals surface area contributed by atoms with Crippen molar-refractivity contribution >= 4 is 21.6 Å². The Kier molecular flexibility index (Phi) is 2.23. The highest BCUT2D eigenvalue weighted by Crippen LogP contribution is 2.30. The lowest BCUT2D eigenvalue weighted by Gasteiger charge is -1.94. The molecular weight excluding hydrogens is 204 g/mol. The van der Waals surface area contributed by atoms with Gasteiger partial charge in [-0.05, 0) is 12.1 Å². The Hall–Kier alpha value is -1.03. The molecule has 74 valence electrons. The normalized spacial score (nSPS) is 11.5. The van der Waals surface area contributed by atoms with E-state index < -0.39 is 11.6 Å². The van der Waals surface area contributed by atoms with E-state index in [0.29, 0.717) is 4.70 Å². The number of benzene rings is 1. The predicted octanol–water partition coefficient (Wildman–Crippen LogP) is 3.70. The van der Waals surface area contributed by atoms with Crippen LogP contribution in [0.3, 0.4) is 0 Å². The van der Waals surface area contributed by atoms with E-state index >= 15 is 0 Å². The molecular formula is C10H9F2NS. The minimum absolute atomic E-state index is 0.152. The first kappa shape index (κ1) is 9.52. The van der Waals surface area contributed by atoms with Crippen LogP contribution in [0.25, 0.3) is 10.2 Å². The maximum Gasteiger partial charge on any atom is 0.150 e. The van der Waals surface area contributed by atoms with Crippen molar-refractivity contribution in [1.29, 1.82) is 0 Å². The van der Waals surface area contributed by atoms with Gasteiger partial charge < -0.3 is 0 Å². The topological polar surface area (TPSA) is 12.9 Å². The Bertz CT molecular complexity index is 437. The van der Waals surface area contributed by atoms with Gasteiger partial charge in [0.25, 0.3) is 0 Å². The average Bonchev–Trinajstić information content (AvgIpc) is 2.57. The first-order valence-corrected chi connectivity index (χ1v) is 5.15. The van der Waals surface area contributed by atoms with Crippen LogP contribution in [-0.4, -0.2) is 4.98 Å². The number of hydrogen-bond acceptors (Lipinski definition) is 2. The van der Waals surface area contributed by atoms with Crippen molar-refractivity contribution in [2.45, 2.75) is 19.8 Å². The number of aromatic nitrogens is 1. The molecule has 0 spiro atoms. The largest absolute Gasteiger partial charge is 0.238 e. The van der Waals surface area contributed by atoms with Crippen molar-refractivity contribution in [3.8, 4) is 0 Å². The van der Waals surface area contributed by atoms with Gasteiger partial charge in [-0.1, -0.05) is 13.8 Å². The molecule has 2 aromatic rings. The van der Waals surface area contributed by atoms with Crippen molar-refractivity contribution in [2.75, 3.05) is 0 Å². The fourth-order valence-corrected chi connectivity index (χ4v) is 2.20. The maximum absolute atomic E-state index is 13.2. The number of rotatable bonds is 1. The third-order valence-electron chi connectivity index (χ3n) is 1.96. The summed E-state index contributed by atoms with van der Waals surface area (Å²) >= 11 is 1.22. The Balaban J connectivity index is 2.75. The fourth-order valence-electron chi connectivity index (χ4n) is 1.21. The second-order valence-corrected chi connectivity index (χ2v) is 4.44. The molecule has 0 amide bonds. The summed E-state index contributed by atoms with van der Waals surface area (Å²) in [5.74, 6) is -0.651. The summed E-state index contributed by atoms with van der Waals surface area (Å²) in [7, 11) is 0. The molecule has 1 aromatic carbocycles. The average molecular weight is 213 g/mol. The van der Waals surface area contributed by atoms with Gasteiger partial charge in [0.1, 0.15) is 11.3 Å². The molecule has 0 unspecified atom stereocenters. The van der Waals surface area contributed by atoms with Crippen molar-refractivity contribution in [3.05, 3.63) is 28.8 Å². The third kappa shape index (κ3) is 1.39. The highest BCUT2D eigenvalue weighted by molar-refractivity contribution is 7.18. The molecule has 1 aromatic heterocycles. The van der Waals surface area contributed by atoms with Gasteiger partial charge in [-0.25, -0.2) is 13.8 Å². The van der Waals surface area contributed by atoms with Gasteiger partial charge >= 0.3 is 0 Å². The Labute approximate surface area is 84.4 Å². The van der Waals surface area contributed by atoms with Crippen LogP contribution in [0.5, 0.6) is 0 Å². The molecule has 0 fully saturated rings. The molecule has 0 atom stereocenters. The van der Waals surface area contributed by atoms with E-state index in [2.05, 4.69) is 4.98 Å². The zero-order valence-electron chi connectivity index (χ0n) is 7.84. The summed E-state index contributed by atoms with van der Waals surface area (Å²) in [5.41, 5.74) is 0.152. The van der Waals surface area contributed by atoms with Crippen LogP contribution < -0.4 is 0 Å². The van der Waals surface area contributed by atoms with Crippen LogP contribution in [0.4, 0.5) is 8.78 Å². The smallest absolute Gasteiger partial charge is 0.150 e. The van der Waals surface area contributed by atoms with E-state index in [-0.39, 0.29) is 11.4 Å². The summed E-state index contributed by atoms with van der Waals surface area (Å²) in [6, 6.07) is 2.25. The SMILES string of the molecule is CC(C)c1nc2c(F)ccc(F)c2s1. The molecule has 0 saturated heterocycles. The summed E-state index contributed by atoms with van der Waals surface area (Å²) in [5, 5.41) is 0.768. The number of nitrogens with zero attached hydrogens (tertiary/aromatic N) is 1. The number of hydrogen-bond donors (Lipinski definition) is 0. The monoisotopic (exact) mass is 213 g/mol. The predicted molar refractivity (Wildman–Crippen MR) is 53.6 cm³/mol. The zero-order valence-corrected chi connectivity index (χ0v) is 8.66. The molecule has 14 heavy (non-hydrogen) atoms. The lowest BCUT2D eigenvalue weighted by Crippen LogP contribution is -1.84. The fraction of sp³-hybridized carbons (Fsp3) is 0.300. The van der Waals surface area contributed by atoms with Gasteiger partial charge in [0, 0.05) is 5.92 Å². The maximum atomic E-state index is 13.2. The Morgan fingerprint density at radius 3 is 2.43 bits per heavy atom. The first-order valence-electron chi connectivity index (χ1n) is 4.34. The number of thiazole rings is 1. The van der Waals surface area contributed by atoms with Crippen LogP contribution in [-0.2, 0) is 0 Å². The third-order valence-corrected chi connectivity index (χ3v) is 3.32. The van der Waals surface area contributed by atoms with Gasteiger partial charge in [0.05, 0.1) is 9.71 Å². The standard InChI is InChI=1S/C10H9F2NS/c1-5(2)10-13-8-6(11)3-4-7(12)9(8)14-10/h3-5H,1-2H3. The second-order valence-electron chi connectivity index (χ2n) is 3.41. The molecule has 4 heteroatoms. The van der Waals surface area contributed by atoms with Crippen molar-refractivity contribution in [3.63, 3.8) is 0 Å². The molecule has 0 N–H and O–H groups in total. The quantitative estimate of drug-likeness (QED) is 0.703. The zero-order chi connectivity index (χ0) is 10.3. The first-order chi connectivity index (χ1) is 6.59. The number of fused-ring (bicyclic) bond motifs is 1. The molecule has 1 nitrogen and oxygen atoms in total. The summed E-state index contributed by atoms with van der Waals surface area (Å²) in [6.07, 6.45) is 0. The minimum Gasteiger partial charge on any atom is -0.238 e. The van der Waals surface area contributed by atoms with E-state index in [4.69, 9.17) is 0 Å². The van der Waals surface area contributed by atoms with Gasteiger partial charge in [-0.3, -0.25) is 0 Å². The lowest BCUT2D eigenvalue weighted by atomic mass is 10.2. The van der Waals surface area contributed by atoms with E-state index in [0.717, 1.165) is 17.1 Å². The summed E-state index contributed by atoms with van der Waals surface area (Å²) < 4.78 is 26.8. The van der Waals surface area contributed by atoms with Crippen LogP contribution in [0, 0.1) is 11.6 Å². The molecule has 0 aliphatic rings. The number of halogens is 2. The Morgan fingerprint density at radius 2 is 1.86 bits per heavy atom. The molecule has 0 saturated carbocycles.